The van der Waals surface area contributed by atoms with Crippen molar-refractivity contribution >= 4 is 67.9 Å². The average molecular weight is 2400 g/mol. The van der Waals surface area contributed by atoms with Crippen LogP contribution in [0.4, 0.5) is 0 Å². The van der Waals surface area contributed by atoms with Crippen molar-refractivity contribution in [1.82, 2.24) is 39.9 Å². The molecule has 0 spiro atoms. The summed E-state index contributed by atoms with van der Waals surface area (Å²) in [6, 6.07) is 146. The van der Waals surface area contributed by atoms with Crippen molar-refractivity contribution in [3.8, 4) is 90.1 Å². The van der Waals surface area contributed by atoms with E-state index in [0.29, 0.717) is 0 Å². The Kier molecular flexibility index (Phi) is 40.3. The smallest absolute Gasteiger partial charge is 0.0595 e. The van der Waals surface area contributed by atoms with Gasteiger partial charge in [0.1, 0.15) is 0 Å². The molecule has 20 rings (SSSR count). The number of rotatable bonds is 12. The molecule has 0 aliphatic rings. The molecule has 131 heavy (non-hydrogen) atoms. The molecule has 0 aliphatic heterocycles. The summed E-state index contributed by atoms with van der Waals surface area (Å²) in [6.45, 7) is 28.1. The zero-order chi connectivity index (χ0) is 88.4. The van der Waals surface area contributed by atoms with Crippen LogP contribution in [0, 0.1) is 69.3 Å². The molecule has 0 fully saturated rings. The number of para-hydroxylation sites is 1. The van der Waals surface area contributed by atoms with Gasteiger partial charge in [-0.2, -0.15) is 0 Å². The van der Waals surface area contributed by atoms with E-state index >= 15 is 0 Å². The molecule has 8 nitrogen and oxygen atoms in total. The first-order valence-corrected chi connectivity index (χ1v) is 41.8. The second kappa shape index (κ2) is 52.2. The second-order valence-corrected chi connectivity index (χ2v) is 30.4. The molecule has 12 aromatic carbocycles. The molecule has 8 aromatic heterocycles. The van der Waals surface area contributed by atoms with E-state index in [-0.39, 0.29) is 85.8 Å². The van der Waals surface area contributed by atoms with Gasteiger partial charge in [0.25, 0.3) is 0 Å². The van der Waals surface area contributed by atoms with Gasteiger partial charge in [-0.05, 0) is 157 Å². The van der Waals surface area contributed by atoms with E-state index in [0.717, 1.165) is 151 Å². The van der Waals surface area contributed by atoms with E-state index in [2.05, 4.69) is 244 Å². The van der Waals surface area contributed by atoms with E-state index in [1.165, 1.54) is 27.6 Å². The molecule has 0 saturated heterocycles. The Morgan fingerprint density at radius 1 is 0.237 bits per heavy atom. The fourth-order valence-electron chi connectivity index (χ4n) is 13.1. The molecule has 0 bridgehead atoms. The molecule has 0 N–H and O–H groups in total. The number of nitrogens with zero attached hydrogens (tertiary/aromatic N) is 8. The first-order chi connectivity index (χ1) is 62.1. The zero-order valence-corrected chi connectivity index (χ0v) is 83.1. The van der Waals surface area contributed by atoms with Crippen LogP contribution >= 0.6 is 0 Å². The van der Waals surface area contributed by atoms with Crippen molar-refractivity contribution < 1.29 is 80.4 Å². The normalized spacial score (nSPS) is 10.1. The molecule has 0 amide bonds. The van der Waals surface area contributed by atoms with E-state index < -0.39 is 0 Å². The summed E-state index contributed by atoms with van der Waals surface area (Å²) in [6.07, 6.45) is 14.5. The first-order valence-electron chi connectivity index (χ1n) is 41.8. The number of aromatic nitrogens is 8. The Labute approximate surface area is 825 Å². The van der Waals surface area contributed by atoms with Crippen LogP contribution < -0.4 is 0 Å². The Morgan fingerprint density at radius 3 is 0.947 bits per heavy atom. The van der Waals surface area contributed by atoms with E-state index in [1.54, 1.807) is 24.8 Å². The van der Waals surface area contributed by atoms with Gasteiger partial charge in [0.15, 0.2) is 0 Å². The average Bonchev–Trinajstić information content (AvgIpc) is 0.818. The van der Waals surface area contributed by atoms with Gasteiger partial charge in [-0.1, -0.05) is 205 Å². The van der Waals surface area contributed by atoms with E-state index in [1.807, 2.05) is 285 Å². The Balaban J connectivity index is 0.000000170. The summed E-state index contributed by atoms with van der Waals surface area (Å²) in [5.74, 6) is 0. The van der Waals surface area contributed by atoms with Crippen molar-refractivity contribution in [2.45, 2.75) is 47.0 Å². The number of benzene rings is 12. The van der Waals surface area contributed by atoms with Gasteiger partial charge in [0.05, 0.1) is 22.1 Å². The maximum Gasteiger partial charge on any atom is 0.0595 e. The van der Waals surface area contributed by atoms with Crippen molar-refractivity contribution in [2.75, 3.05) is 0 Å². The van der Waals surface area contributed by atoms with Crippen LogP contribution in [0.3, 0.4) is 0 Å². The summed E-state index contributed by atoms with van der Waals surface area (Å²) >= 11 is 0. The molecule has 4 radical (unpaired) electrons. The molecular formula is C119H94Ir4N8-8. The van der Waals surface area contributed by atoms with Gasteiger partial charge < -0.3 is 19.9 Å². The molecule has 12 heteroatoms. The van der Waals surface area contributed by atoms with Crippen LogP contribution in [-0.4, -0.2) is 39.9 Å². The predicted molar refractivity (Wildman–Crippen MR) is 531 cm³/mol. The maximum absolute atomic E-state index is 4.75. The third-order valence-electron chi connectivity index (χ3n) is 20.3. The summed E-state index contributed by atoms with van der Waals surface area (Å²) in [7, 11) is 0. The number of aryl methyl sites for hydroxylation is 3. The Hall–Kier alpha value is -13.6. The summed E-state index contributed by atoms with van der Waals surface area (Å²) in [5.41, 5.74) is 29.5. The third-order valence-corrected chi connectivity index (χ3v) is 20.3. The SMILES string of the molecule is C=Cc1c[c-]c(-c2ccc3ccccc3n2)cc1.C=Cc1cc[c-]c(-c2ccc3cc(C)ccc3n2)c1.C=Cc1ccc2nc(-c3[c-]cc(C(C)(C)C)cc3)ccc2c1.C=Cc1ccc2nc(-c3[c-]cc(C)c(C)c3)ccc2c1.[Ir].[Ir].[Ir].[Ir].[c-]1ccccc1-c1ccccn1.[c-]1ccccc1-c1ccccn1.[c-]1ccccc1-c1ccccn1.[c-]1ccccc1-c1ccccn1. The number of hydrogen-bond donors (Lipinski definition) is 0. The van der Waals surface area contributed by atoms with E-state index in [4.69, 9.17) is 15.0 Å². The monoisotopic (exact) mass is 2410 g/mol. The van der Waals surface area contributed by atoms with Gasteiger partial charge in [-0.15, -0.1) is 304 Å². The van der Waals surface area contributed by atoms with Gasteiger partial charge in [0.2, 0.25) is 0 Å². The first kappa shape index (κ1) is 101. The molecule has 654 valence electrons. The van der Waals surface area contributed by atoms with Crippen molar-refractivity contribution in [3.05, 3.63) is 508 Å². The zero-order valence-electron chi connectivity index (χ0n) is 73.5. The van der Waals surface area contributed by atoms with Gasteiger partial charge in [0, 0.05) is 105 Å². The molecule has 0 aliphatic carbocycles. The summed E-state index contributed by atoms with van der Waals surface area (Å²) < 4.78 is 0. The summed E-state index contributed by atoms with van der Waals surface area (Å²) in [4.78, 5) is 35.7. The number of fused-ring (bicyclic) bond motifs is 4. The van der Waals surface area contributed by atoms with Gasteiger partial charge in [-0.3, -0.25) is 19.9 Å². The van der Waals surface area contributed by atoms with Crippen molar-refractivity contribution in [3.63, 3.8) is 0 Å². The second-order valence-electron chi connectivity index (χ2n) is 30.4. The maximum atomic E-state index is 4.75. The van der Waals surface area contributed by atoms with Gasteiger partial charge >= 0.3 is 0 Å². The third kappa shape index (κ3) is 30.0. The Morgan fingerprint density at radius 2 is 0.573 bits per heavy atom. The summed E-state index contributed by atoms with van der Waals surface area (Å²) in [5, 5.41) is 4.59. The van der Waals surface area contributed by atoms with Crippen LogP contribution in [-0.2, 0) is 85.8 Å². The molecule has 0 saturated carbocycles. The Bertz CT molecular complexity index is 6490. The molecular weight excluding hydrogens is 2310 g/mol. The minimum absolute atomic E-state index is 0. The predicted octanol–water partition coefficient (Wildman–Crippen LogP) is 29.8. The quantitative estimate of drug-likeness (QED) is 0.111. The van der Waals surface area contributed by atoms with Crippen LogP contribution in [0.15, 0.2) is 415 Å². The van der Waals surface area contributed by atoms with E-state index in [9.17, 15) is 0 Å². The van der Waals surface area contributed by atoms with Gasteiger partial charge in [-0.25, -0.2) is 0 Å². The largest absolute Gasteiger partial charge is 0.305 e. The number of pyridine rings is 8. The fraction of sp³-hybridized carbons (Fsp3) is 0.0588. The van der Waals surface area contributed by atoms with Crippen LogP contribution in [0.2, 0.25) is 0 Å². The topological polar surface area (TPSA) is 103 Å². The standard InChI is InChI=1S/C21H20N.C19H16N.C18H14N.C17H12N.4C11H8N.4Ir/c1-5-15-6-12-20-17(14-15)9-13-19(22-20)16-7-10-18(11-8-16)21(2,3)4;1-4-15-6-9-18-17(12-15)8-10-19(20-18)16-7-5-13(2)14(3)11-16;1-3-14-5-4-6-15(12-14)18-10-8-16-11-13(2)7-9-17(16)19-18;1-2-13-7-9-15(10-8-13)17-12-11-14-5-3-4-6-16(14)18-17;4*1-2-6-10(7-3-1)11-8-4-5-9-12-11;;;;/h5-7,9-14H,1H2,2-4H3;4-6,8-12H,1H2,2-3H3;3-5,7-12H,1H2,2H3;2-9,11-12H,1H2;4*1-6,8-9H;;;;/q8*-1;;;;. The molecule has 0 unspecified atom stereocenters. The van der Waals surface area contributed by atoms with Crippen LogP contribution in [0.25, 0.3) is 158 Å². The number of hydrogen-bond acceptors (Lipinski definition) is 8. The molecule has 20 aromatic rings. The van der Waals surface area contributed by atoms with Crippen molar-refractivity contribution in [2.24, 2.45) is 0 Å². The molecule has 0 atom stereocenters. The molecule has 8 heterocycles. The van der Waals surface area contributed by atoms with Crippen molar-refractivity contribution in [1.29, 1.82) is 0 Å². The van der Waals surface area contributed by atoms with Crippen LogP contribution in [0.5, 0.6) is 0 Å². The minimum Gasteiger partial charge on any atom is -0.305 e. The van der Waals surface area contributed by atoms with Crippen LogP contribution in [0.1, 0.15) is 65.3 Å². The minimum atomic E-state index is 0. The fourth-order valence-corrected chi connectivity index (χ4v) is 13.1.